The minimum absolute atomic E-state index is 0.116. The van der Waals surface area contributed by atoms with E-state index < -0.39 is 0 Å². The Balaban J connectivity index is 1.81. The molecule has 0 aliphatic heterocycles. The van der Waals surface area contributed by atoms with Gasteiger partial charge in [-0.2, -0.15) is 0 Å². The van der Waals surface area contributed by atoms with Crippen LogP contribution in [0.25, 0.3) is 0 Å². The summed E-state index contributed by atoms with van der Waals surface area (Å²) in [6.45, 7) is 2.40. The maximum Gasteiger partial charge on any atom is 0.243 e. The Morgan fingerprint density at radius 3 is 2.48 bits per heavy atom. The van der Waals surface area contributed by atoms with Crippen LogP contribution < -0.4 is 20.1 Å². The predicted molar refractivity (Wildman–Crippen MR) is 114 cm³/mol. The predicted octanol–water partition coefficient (Wildman–Crippen LogP) is 2.85. The highest BCUT2D eigenvalue weighted by Gasteiger charge is 2.12. The monoisotopic (exact) mass is 419 g/mol. The number of anilines is 1. The Hall–Kier alpha value is -2.77. The van der Waals surface area contributed by atoms with Crippen LogP contribution in [0.5, 0.6) is 11.5 Å². The molecule has 0 saturated carbocycles. The molecule has 0 aromatic heterocycles. The van der Waals surface area contributed by atoms with E-state index >= 15 is 0 Å². The van der Waals surface area contributed by atoms with E-state index in [1.807, 2.05) is 37.1 Å². The third kappa shape index (κ3) is 6.66. The molecule has 2 aromatic rings. The summed E-state index contributed by atoms with van der Waals surface area (Å²) in [5.41, 5.74) is 2.39. The Labute approximate surface area is 175 Å². The third-order valence-electron chi connectivity index (χ3n) is 4.30. The molecule has 0 fully saturated rings. The number of hydrogen-bond donors (Lipinski definition) is 2. The first kappa shape index (κ1) is 22.5. The molecule has 0 unspecified atom stereocenters. The van der Waals surface area contributed by atoms with Crippen molar-refractivity contribution in [2.75, 3.05) is 39.7 Å². The van der Waals surface area contributed by atoms with Gasteiger partial charge >= 0.3 is 0 Å². The van der Waals surface area contributed by atoms with Gasteiger partial charge in [0.25, 0.3) is 0 Å². The number of carbonyl (C=O) groups excluding carboxylic acids is 2. The summed E-state index contributed by atoms with van der Waals surface area (Å²) < 4.78 is 10.5. The number of rotatable bonds is 9. The average Bonchev–Trinajstić information content (AvgIpc) is 2.69. The number of amides is 2. The van der Waals surface area contributed by atoms with Gasteiger partial charge in [-0.25, -0.2) is 0 Å². The molecular formula is C21H26ClN3O4. The van der Waals surface area contributed by atoms with E-state index in [4.69, 9.17) is 21.1 Å². The van der Waals surface area contributed by atoms with Gasteiger partial charge in [0.1, 0.15) is 0 Å². The molecule has 29 heavy (non-hydrogen) atoms. The average molecular weight is 420 g/mol. The van der Waals surface area contributed by atoms with Crippen molar-refractivity contribution in [2.24, 2.45) is 0 Å². The third-order valence-corrected chi connectivity index (χ3v) is 4.71. The lowest BCUT2D eigenvalue weighted by molar-refractivity contribution is -0.124. The smallest absolute Gasteiger partial charge is 0.243 e. The fourth-order valence-corrected chi connectivity index (χ4v) is 2.94. The van der Waals surface area contributed by atoms with Gasteiger partial charge in [-0.1, -0.05) is 23.7 Å². The molecule has 2 rings (SSSR count). The topological polar surface area (TPSA) is 79.9 Å². The molecule has 0 bridgehead atoms. The van der Waals surface area contributed by atoms with Crippen LogP contribution in [0.4, 0.5) is 5.69 Å². The lowest BCUT2D eigenvalue weighted by Gasteiger charge is -2.17. The van der Waals surface area contributed by atoms with Crippen LogP contribution in [0, 0.1) is 6.92 Å². The number of hydrogen-bond acceptors (Lipinski definition) is 5. The Kier molecular flexibility index (Phi) is 8.30. The summed E-state index contributed by atoms with van der Waals surface area (Å²) in [5, 5.41) is 5.94. The quantitative estimate of drug-likeness (QED) is 0.653. The number of halogens is 1. The highest BCUT2D eigenvalue weighted by molar-refractivity contribution is 6.31. The highest BCUT2D eigenvalue weighted by atomic mass is 35.5. The second-order valence-electron chi connectivity index (χ2n) is 6.60. The number of likely N-dealkylation sites (N-methyl/N-ethyl adjacent to an activating group) is 1. The molecule has 7 nitrogen and oxygen atoms in total. The highest BCUT2D eigenvalue weighted by Crippen LogP contribution is 2.28. The lowest BCUT2D eigenvalue weighted by Crippen LogP contribution is -2.39. The molecule has 2 amide bonds. The van der Waals surface area contributed by atoms with Crippen molar-refractivity contribution in [1.82, 2.24) is 10.2 Å². The van der Waals surface area contributed by atoms with Gasteiger partial charge in [0, 0.05) is 17.3 Å². The summed E-state index contributed by atoms with van der Waals surface area (Å²) in [7, 11) is 4.98. The molecule has 0 aliphatic carbocycles. The number of nitrogens with one attached hydrogen (secondary N) is 2. The summed E-state index contributed by atoms with van der Waals surface area (Å²) in [6.07, 6.45) is 0. The van der Waals surface area contributed by atoms with Crippen LogP contribution >= 0.6 is 11.6 Å². The molecule has 0 radical (unpaired) electrons. The second kappa shape index (κ2) is 10.7. The molecule has 0 atom stereocenters. The Morgan fingerprint density at radius 2 is 1.79 bits per heavy atom. The van der Waals surface area contributed by atoms with E-state index in [9.17, 15) is 9.59 Å². The van der Waals surface area contributed by atoms with Crippen LogP contribution in [-0.4, -0.2) is 51.1 Å². The largest absolute Gasteiger partial charge is 0.493 e. The number of methoxy groups -OCH3 is 2. The second-order valence-corrected chi connectivity index (χ2v) is 7.01. The number of benzene rings is 2. The van der Waals surface area contributed by atoms with Gasteiger partial charge in [0.2, 0.25) is 11.8 Å². The van der Waals surface area contributed by atoms with Crippen molar-refractivity contribution in [1.29, 1.82) is 0 Å². The van der Waals surface area contributed by atoms with Crippen LogP contribution in [0.15, 0.2) is 36.4 Å². The maximum absolute atomic E-state index is 12.1. The maximum atomic E-state index is 12.1. The summed E-state index contributed by atoms with van der Waals surface area (Å²) in [5.74, 6) is 0.727. The van der Waals surface area contributed by atoms with Crippen molar-refractivity contribution >= 4 is 29.1 Å². The van der Waals surface area contributed by atoms with Gasteiger partial charge < -0.3 is 20.1 Å². The van der Waals surface area contributed by atoms with E-state index in [1.165, 1.54) is 0 Å². The van der Waals surface area contributed by atoms with E-state index in [2.05, 4.69) is 10.6 Å². The van der Waals surface area contributed by atoms with Crippen LogP contribution in [0.2, 0.25) is 5.02 Å². The minimum Gasteiger partial charge on any atom is -0.493 e. The summed E-state index contributed by atoms with van der Waals surface area (Å²) >= 11 is 6.04. The summed E-state index contributed by atoms with van der Waals surface area (Å²) in [6, 6.07) is 10.9. The molecule has 156 valence electrons. The van der Waals surface area contributed by atoms with E-state index in [0.29, 0.717) is 28.8 Å². The SMILES string of the molecule is COc1ccc(CN(C)CC(=O)NCC(=O)Nc2cccc(Cl)c2C)cc1OC. The number of nitrogens with zero attached hydrogens (tertiary/aromatic N) is 1. The first-order valence-electron chi connectivity index (χ1n) is 9.05. The molecule has 2 N–H and O–H groups in total. The molecule has 0 saturated heterocycles. The summed E-state index contributed by atoms with van der Waals surface area (Å²) in [4.78, 5) is 26.1. The molecule has 0 heterocycles. The van der Waals surface area contributed by atoms with Crippen molar-refractivity contribution in [3.05, 3.63) is 52.5 Å². The van der Waals surface area contributed by atoms with E-state index in [0.717, 1.165) is 11.1 Å². The Bertz CT molecular complexity index is 873. The molecule has 2 aromatic carbocycles. The number of carbonyl (C=O) groups is 2. The number of ether oxygens (including phenoxy) is 2. The standard InChI is InChI=1S/C21H26ClN3O4/c1-14-16(22)6-5-7-17(14)24-20(26)11-23-21(27)13-25(2)12-15-8-9-18(28-3)19(10-15)29-4/h5-10H,11-13H2,1-4H3,(H,23,27)(H,24,26). The molecule has 0 aliphatic rings. The first-order valence-corrected chi connectivity index (χ1v) is 9.43. The van der Waals surface area contributed by atoms with Gasteiger partial charge in [-0.3, -0.25) is 14.5 Å². The first-order chi connectivity index (χ1) is 13.8. The molecule has 8 heteroatoms. The van der Waals surface area contributed by atoms with Crippen LogP contribution in [-0.2, 0) is 16.1 Å². The fourth-order valence-electron chi connectivity index (χ4n) is 2.76. The van der Waals surface area contributed by atoms with Crippen molar-refractivity contribution in [3.8, 4) is 11.5 Å². The van der Waals surface area contributed by atoms with Crippen molar-refractivity contribution in [3.63, 3.8) is 0 Å². The van der Waals surface area contributed by atoms with Crippen LogP contribution in [0.3, 0.4) is 0 Å². The van der Waals surface area contributed by atoms with Gasteiger partial charge in [0.05, 0.1) is 27.3 Å². The Morgan fingerprint density at radius 1 is 1.07 bits per heavy atom. The molecule has 0 spiro atoms. The molecular weight excluding hydrogens is 394 g/mol. The fraction of sp³-hybridized carbons (Fsp3) is 0.333. The minimum atomic E-state index is -0.314. The van der Waals surface area contributed by atoms with Crippen LogP contribution in [0.1, 0.15) is 11.1 Å². The van der Waals surface area contributed by atoms with E-state index in [-0.39, 0.29) is 24.9 Å². The normalized spacial score (nSPS) is 10.6. The van der Waals surface area contributed by atoms with Gasteiger partial charge in [0.15, 0.2) is 11.5 Å². The van der Waals surface area contributed by atoms with Gasteiger partial charge in [-0.05, 0) is 49.4 Å². The van der Waals surface area contributed by atoms with Crippen molar-refractivity contribution < 1.29 is 19.1 Å². The van der Waals surface area contributed by atoms with Crippen molar-refractivity contribution in [2.45, 2.75) is 13.5 Å². The zero-order valence-electron chi connectivity index (χ0n) is 17.0. The zero-order valence-corrected chi connectivity index (χ0v) is 17.8. The van der Waals surface area contributed by atoms with E-state index in [1.54, 1.807) is 32.4 Å². The zero-order chi connectivity index (χ0) is 21.4. The lowest BCUT2D eigenvalue weighted by atomic mass is 10.2. The van der Waals surface area contributed by atoms with Gasteiger partial charge in [-0.15, -0.1) is 0 Å².